The number of ketones is 1. The molecule has 0 aromatic carbocycles. The van der Waals surface area contributed by atoms with E-state index in [1.807, 2.05) is 0 Å². The van der Waals surface area contributed by atoms with Crippen LogP contribution < -0.4 is 22.1 Å². The zero-order valence-electron chi connectivity index (χ0n) is 16.8. The fourth-order valence-electron chi connectivity index (χ4n) is 2.55. The molecular formula is C19H39N5O3. The first-order valence-electron chi connectivity index (χ1n) is 10.2. The Balaban J connectivity index is 3.59. The second-order valence-electron chi connectivity index (χ2n) is 6.82. The number of nitrogens with two attached hydrogens (primary N) is 2. The lowest BCUT2D eigenvalue weighted by Crippen LogP contribution is -2.40. The Morgan fingerprint density at radius 3 is 2.26 bits per heavy atom. The number of aliphatic hydroxyl groups is 1. The van der Waals surface area contributed by atoms with Gasteiger partial charge in [-0.15, -0.1) is 0 Å². The lowest BCUT2D eigenvalue weighted by Gasteiger charge is -2.12. The normalized spacial score (nSPS) is 11.8. The molecule has 0 unspecified atom stereocenters. The fraction of sp³-hybridized carbons (Fsp3) is 0.842. The Hall–Kier alpha value is -1.67. The SMILES string of the molecule is CCCCNCCCCCC(=O)[C@H](O)NC(=O)CCCCCCN=C(N)N. The standard InChI is InChI=1S/C19H39N5O3/c1-2-3-13-22-14-9-6-7-11-16(25)18(27)24-17(26)12-8-4-5-10-15-23-19(20)21/h18,22,27H,2-15H2,1H3,(H,24,26)(H4,20,21,23)/t18-/m0/s1. The summed E-state index contributed by atoms with van der Waals surface area (Å²) in [4.78, 5) is 27.5. The predicted octanol–water partition coefficient (Wildman–Crippen LogP) is 1.16. The van der Waals surface area contributed by atoms with Gasteiger partial charge in [0.05, 0.1) is 0 Å². The summed E-state index contributed by atoms with van der Waals surface area (Å²) in [6.07, 6.45) is 7.65. The Labute approximate surface area is 163 Å². The molecule has 1 amide bonds. The molecule has 0 aromatic heterocycles. The van der Waals surface area contributed by atoms with Crippen molar-refractivity contribution < 1.29 is 14.7 Å². The lowest BCUT2D eigenvalue weighted by atomic mass is 10.1. The monoisotopic (exact) mass is 385 g/mol. The first kappa shape index (κ1) is 25.3. The number of Topliss-reactive ketones (excluding diaryl/α,β-unsaturated/α-hetero) is 1. The third-order valence-electron chi connectivity index (χ3n) is 4.19. The van der Waals surface area contributed by atoms with E-state index in [1.165, 1.54) is 12.8 Å². The molecule has 0 rings (SSSR count). The lowest BCUT2D eigenvalue weighted by molar-refractivity contribution is -0.135. The first-order chi connectivity index (χ1) is 13.0. The minimum atomic E-state index is -1.39. The molecule has 0 aliphatic heterocycles. The van der Waals surface area contributed by atoms with Crippen LogP contribution in [0.1, 0.15) is 77.6 Å². The molecule has 0 saturated carbocycles. The summed E-state index contributed by atoms with van der Waals surface area (Å²) in [6.45, 7) is 4.75. The maximum Gasteiger partial charge on any atom is 0.222 e. The van der Waals surface area contributed by atoms with Gasteiger partial charge in [0.25, 0.3) is 0 Å². The number of aliphatic imine (C=N–C) groups is 1. The maximum absolute atomic E-state index is 11.8. The van der Waals surface area contributed by atoms with Crippen molar-refractivity contribution in [3.63, 3.8) is 0 Å². The van der Waals surface area contributed by atoms with E-state index < -0.39 is 6.23 Å². The average Bonchev–Trinajstić information content (AvgIpc) is 2.62. The number of hydrogen-bond donors (Lipinski definition) is 5. The van der Waals surface area contributed by atoms with Crippen LogP contribution in [-0.2, 0) is 9.59 Å². The Bertz CT molecular complexity index is 426. The Morgan fingerprint density at radius 1 is 0.926 bits per heavy atom. The van der Waals surface area contributed by atoms with E-state index in [1.54, 1.807) is 0 Å². The number of carbonyl (C=O) groups is 2. The minimum absolute atomic E-state index is 0.0941. The van der Waals surface area contributed by atoms with Crippen LogP contribution in [0.4, 0.5) is 0 Å². The molecule has 27 heavy (non-hydrogen) atoms. The van der Waals surface area contributed by atoms with Gasteiger partial charge in [-0.25, -0.2) is 0 Å². The van der Waals surface area contributed by atoms with Gasteiger partial charge in [-0.2, -0.15) is 0 Å². The summed E-state index contributed by atoms with van der Waals surface area (Å²) in [7, 11) is 0. The van der Waals surface area contributed by atoms with Gasteiger partial charge < -0.3 is 27.2 Å². The predicted molar refractivity (Wildman–Crippen MR) is 109 cm³/mol. The van der Waals surface area contributed by atoms with E-state index in [-0.39, 0.29) is 17.6 Å². The molecule has 0 bridgehead atoms. The molecule has 158 valence electrons. The number of aliphatic hydroxyl groups excluding tert-OH is 1. The summed E-state index contributed by atoms with van der Waals surface area (Å²) in [5.41, 5.74) is 10.5. The Kier molecular flexibility index (Phi) is 16.6. The highest BCUT2D eigenvalue weighted by atomic mass is 16.3. The molecule has 8 nitrogen and oxygen atoms in total. The van der Waals surface area contributed by atoms with Crippen molar-refractivity contribution in [1.82, 2.24) is 10.6 Å². The van der Waals surface area contributed by atoms with Crippen LogP contribution in [0, 0.1) is 0 Å². The number of hydrogen-bond acceptors (Lipinski definition) is 5. The minimum Gasteiger partial charge on any atom is -0.370 e. The third kappa shape index (κ3) is 17.5. The highest BCUT2D eigenvalue weighted by Gasteiger charge is 2.16. The second-order valence-corrected chi connectivity index (χ2v) is 6.82. The largest absolute Gasteiger partial charge is 0.370 e. The van der Waals surface area contributed by atoms with Gasteiger partial charge in [0, 0.05) is 19.4 Å². The highest BCUT2D eigenvalue weighted by molar-refractivity contribution is 5.87. The zero-order valence-corrected chi connectivity index (χ0v) is 16.8. The number of nitrogens with zero attached hydrogens (tertiary/aromatic N) is 1. The van der Waals surface area contributed by atoms with E-state index in [0.29, 0.717) is 25.8 Å². The van der Waals surface area contributed by atoms with Gasteiger partial charge in [-0.05, 0) is 45.2 Å². The number of nitrogens with one attached hydrogen (secondary N) is 2. The van der Waals surface area contributed by atoms with Crippen molar-refractivity contribution >= 4 is 17.6 Å². The Morgan fingerprint density at radius 2 is 1.56 bits per heavy atom. The van der Waals surface area contributed by atoms with E-state index in [9.17, 15) is 14.7 Å². The smallest absolute Gasteiger partial charge is 0.222 e. The van der Waals surface area contributed by atoms with Crippen molar-refractivity contribution in [3.05, 3.63) is 0 Å². The van der Waals surface area contributed by atoms with E-state index in [2.05, 4.69) is 22.5 Å². The van der Waals surface area contributed by atoms with E-state index >= 15 is 0 Å². The molecule has 0 aromatic rings. The fourth-order valence-corrected chi connectivity index (χ4v) is 2.55. The molecule has 1 atom stereocenters. The van der Waals surface area contributed by atoms with Crippen molar-refractivity contribution in [2.24, 2.45) is 16.5 Å². The van der Waals surface area contributed by atoms with Gasteiger partial charge in [0.1, 0.15) is 0 Å². The van der Waals surface area contributed by atoms with Crippen LogP contribution in [-0.4, -0.2) is 48.6 Å². The summed E-state index contributed by atoms with van der Waals surface area (Å²) >= 11 is 0. The zero-order chi connectivity index (χ0) is 20.3. The number of rotatable bonds is 18. The van der Waals surface area contributed by atoms with Crippen LogP contribution in [0.25, 0.3) is 0 Å². The third-order valence-corrected chi connectivity index (χ3v) is 4.19. The van der Waals surface area contributed by atoms with Crippen LogP contribution in [0.2, 0.25) is 0 Å². The molecular weight excluding hydrogens is 346 g/mol. The van der Waals surface area contributed by atoms with Crippen molar-refractivity contribution in [2.45, 2.75) is 83.8 Å². The van der Waals surface area contributed by atoms with E-state index in [0.717, 1.165) is 51.6 Å². The molecule has 0 spiro atoms. The second kappa shape index (κ2) is 17.7. The molecule has 7 N–H and O–H groups in total. The summed E-state index contributed by atoms with van der Waals surface area (Å²) in [5, 5.41) is 15.5. The van der Waals surface area contributed by atoms with Gasteiger partial charge in [0.15, 0.2) is 18.0 Å². The molecule has 0 saturated heterocycles. The van der Waals surface area contributed by atoms with Crippen LogP contribution in [0.15, 0.2) is 4.99 Å². The number of amides is 1. The van der Waals surface area contributed by atoms with Gasteiger partial charge >= 0.3 is 0 Å². The van der Waals surface area contributed by atoms with Crippen LogP contribution in [0.5, 0.6) is 0 Å². The highest BCUT2D eigenvalue weighted by Crippen LogP contribution is 2.05. The topological polar surface area (TPSA) is 143 Å². The summed E-state index contributed by atoms with van der Waals surface area (Å²) in [5.74, 6) is -0.517. The van der Waals surface area contributed by atoms with Gasteiger partial charge in [-0.3, -0.25) is 14.6 Å². The van der Waals surface area contributed by atoms with Crippen molar-refractivity contribution in [1.29, 1.82) is 0 Å². The number of carbonyl (C=O) groups excluding carboxylic acids is 2. The molecule has 0 aliphatic rings. The number of unbranched alkanes of at least 4 members (excludes halogenated alkanes) is 6. The van der Waals surface area contributed by atoms with Crippen LogP contribution >= 0.6 is 0 Å². The quantitative estimate of drug-likeness (QED) is 0.104. The molecule has 0 heterocycles. The first-order valence-corrected chi connectivity index (χ1v) is 10.2. The average molecular weight is 386 g/mol. The molecule has 8 heteroatoms. The molecule has 0 radical (unpaired) electrons. The summed E-state index contributed by atoms with van der Waals surface area (Å²) < 4.78 is 0. The summed E-state index contributed by atoms with van der Waals surface area (Å²) in [6, 6.07) is 0. The molecule has 0 fully saturated rings. The van der Waals surface area contributed by atoms with Gasteiger partial charge in [-0.1, -0.05) is 32.6 Å². The number of guanidine groups is 1. The van der Waals surface area contributed by atoms with Gasteiger partial charge in [0.2, 0.25) is 5.91 Å². The maximum atomic E-state index is 11.8. The van der Waals surface area contributed by atoms with Crippen LogP contribution in [0.3, 0.4) is 0 Å². The van der Waals surface area contributed by atoms with E-state index in [4.69, 9.17) is 11.5 Å². The molecule has 0 aliphatic carbocycles. The van der Waals surface area contributed by atoms with Crippen molar-refractivity contribution in [3.8, 4) is 0 Å². The van der Waals surface area contributed by atoms with Crippen molar-refractivity contribution in [2.75, 3.05) is 19.6 Å².